The Bertz CT molecular complexity index is 1360. The van der Waals surface area contributed by atoms with Crippen LogP contribution in [0.15, 0.2) is 48.5 Å². The van der Waals surface area contributed by atoms with Gasteiger partial charge in [-0.25, -0.2) is 4.98 Å². The minimum absolute atomic E-state index is 0.0943. The Morgan fingerprint density at radius 1 is 1.20 bits per heavy atom. The lowest BCUT2D eigenvalue weighted by molar-refractivity contribution is -0.286. The molecule has 0 radical (unpaired) electrons. The molecule has 1 aromatic heterocycles. The molecule has 182 valence electrons. The summed E-state index contributed by atoms with van der Waals surface area (Å²) in [5.41, 5.74) is 9.84. The van der Waals surface area contributed by atoms with Gasteiger partial charge in [0, 0.05) is 17.7 Å². The molecule has 35 heavy (non-hydrogen) atoms. The average molecular weight is 504 g/mol. The molecule has 11 heteroatoms. The molecule has 5 rings (SSSR count). The topological polar surface area (TPSA) is 130 Å². The highest BCUT2D eigenvalue weighted by Crippen LogP contribution is 2.52. The third kappa shape index (κ3) is 3.48. The number of amides is 1. The number of rotatable bonds is 5. The minimum Gasteiger partial charge on any atom is -0.489 e. The van der Waals surface area contributed by atoms with Crippen LogP contribution in [0.5, 0.6) is 17.2 Å². The second-order valence-electron chi connectivity index (χ2n) is 8.57. The van der Waals surface area contributed by atoms with E-state index >= 15 is 0 Å². The van der Waals surface area contributed by atoms with E-state index < -0.39 is 23.2 Å². The number of nitrogens with zero attached hydrogens (tertiary/aromatic N) is 1. The maximum atomic E-state index is 13.7. The Kier molecular flexibility index (Phi) is 5.17. The monoisotopic (exact) mass is 503 g/mol. The van der Waals surface area contributed by atoms with Crippen LogP contribution in [-0.4, -0.2) is 35.4 Å². The summed E-state index contributed by atoms with van der Waals surface area (Å²) in [6, 6.07) is 12.8. The van der Waals surface area contributed by atoms with Crippen molar-refractivity contribution in [3.63, 3.8) is 0 Å². The molecule has 0 saturated heterocycles. The first-order valence-electron chi connectivity index (χ1n) is 10.6. The zero-order valence-electron chi connectivity index (χ0n) is 18.3. The number of nitrogens with two attached hydrogens (primary N) is 2. The normalized spacial score (nSPS) is 21.2. The Labute approximate surface area is 203 Å². The SMILES string of the molecule is C[C@]1(C(N)=O)COc2c1cc([C@@](O)(CN)c1ccccc1)nc2-c1ccc2c(c1Cl)OC(F)(F)O2. The highest BCUT2D eigenvalue weighted by Gasteiger charge is 2.48. The molecule has 2 aromatic carbocycles. The van der Waals surface area contributed by atoms with E-state index in [9.17, 15) is 18.7 Å². The molecule has 0 fully saturated rings. The van der Waals surface area contributed by atoms with Gasteiger partial charge in [-0.2, -0.15) is 0 Å². The lowest BCUT2D eigenvalue weighted by atomic mass is 9.81. The van der Waals surface area contributed by atoms with E-state index in [-0.39, 0.29) is 52.4 Å². The van der Waals surface area contributed by atoms with Crippen LogP contribution < -0.4 is 25.7 Å². The number of halogens is 3. The van der Waals surface area contributed by atoms with Gasteiger partial charge in [-0.3, -0.25) is 4.79 Å². The van der Waals surface area contributed by atoms with Crippen LogP contribution in [0.2, 0.25) is 5.02 Å². The summed E-state index contributed by atoms with van der Waals surface area (Å²) in [5.74, 6) is -1.10. The number of alkyl halides is 2. The maximum Gasteiger partial charge on any atom is 0.586 e. The predicted octanol–water partition coefficient (Wildman–Crippen LogP) is 3.05. The largest absolute Gasteiger partial charge is 0.586 e. The molecular weight excluding hydrogens is 484 g/mol. The van der Waals surface area contributed by atoms with Crippen molar-refractivity contribution in [2.75, 3.05) is 13.2 Å². The van der Waals surface area contributed by atoms with Gasteiger partial charge in [0.1, 0.15) is 29.1 Å². The zero-order valence-corrected chi connectivity index (χ0v) is 19.1. The molecule has 0 aliphatic carbocycles. The molecule has 5 N–H and O–H groups in total. The molecule has 0 unspecified atom stereocenters. The summed E-state index contributed by atoms with van der Waals surface area (Å²) in [4.78, 5) is 17.0. The summed E-state index contributed by atoms with van der Waals surface area (Å²) in [6.45, 7) is 1.25. The fraction of sp³-hybridized carbons (Fsp3) is 0.250. The number of aliphatic hydroxyl groups is 1. The Hall–Kier alpha value is -3.47. The number of carbonyl (C=O) groups excluding carboxylic acids is 1. The highest BCUT2D eigenvalue weighted by molar-refractivity contribution is 6.35. The van der Waals surface area contributed by atoms with Gasteiger partial charge in [-0.1, -0.05) is 41.9 Å². The number of fused-ring (bicyclic) bond motifs is 2. The van der Waals surface area contributed by atoms with Crippen molar-refractivity contribution in [3.05, 3.63) is 70.4 Å². The third-order valence-corrected chi connectivity index (χ3v) is 6.73. The van der Waals surface area contributed by atoms with E-state index in [2.05, 4.69) is 14.5 Å². The van der Waals surface area contributed by atoms with Crippen molar-refractivity contribution >= 4 is 17.5 Å². The van der Waals surface area contributed by atoms with Crippen molar-refractivity contribution in [1.82, 2.24) is 4.98 Å². The number of hydrogen-bond donors (Lipinski definition) is 3. The second kappa shape index (κ2) is 7.77. The summed E-state index contributed by atoms with van der Waals surface area (Å²) in [7, 11) is 0. The number of primary amides is 1. The third-order valence-electron chi connectivity index (χ3n) is 6.35. The number of benzene rings is 2. The van der Waals surface area contributed by atoms with Crippen molar-refractivity contribution < 1.29 is 32.9 Å². The maximum absolute atomic E-state index is 13.7. The van der Waals surface area contributed by atoms with Gasteiger partial charge in [-0.15, -0.1) is 8.78 Å². The van der Waals surface area contributed by atoms with Gasteiger partial charge in [0.2, 0.25) is 5.91 Å². The van der Waals surface area contributed by atoms with E-state index in [0.29, 0.717) is 11.1 Å². The first-order valence-corrected chi connectivity index (χ1v) is 10.9. The molecule has 8 nitrogen and oxygen atoms in total. The van der Waals surface area contributed by atoms with Crippen molar-refractivity contribution in [2.45, 2.75) is 24.2 Å². The van der Waals surface area contributed by atoms with Crippen LogP contribution >= 0.6 is 11.6 Å². The number of carbonyl (C=O) groups is 1. The molecule has 1 amide bonds. The van der Waals surface area contributed by atoms with Gasteiger partial charge in [0.05, 0.1) is 10.7 Å². The molecule has 3 aromatic rings. The van der Waals surface area contributed by atoms with Gasteiger partial charge in [-0.05, 0) is 30.7 Å². The fourth-order valence-electron chi connectivity index (χ4n) is 4.23. The van der Waals surface area contributed by atoms with Gasteiger partial charge in [0.25, 0.3) is 0 Å². The molecule has 2 atom stereocenters. The van der Waals surface area contributed by atoms with E-state index in [1.807, 2.05) is 0 Å². The molecule has 2 aliphatic rings. The summed E-state index contributed by atoms with van der Waals surface area (Å²) in [5, 5.41) is 11.4. The van der Waals surface area contributed by atoms with Crippen molar-refractivity contribution in [2.24, 2.45) is 11.5 Å². The van der Waals surface area contributed by atoms with Gasteiger partial charge < -0.3 is 30.8 Å². The molecule has 0 spiro atoms. The van der Waals surface area contributed by atoms with E-state index in [0.717, 1.165) is 0 Å². The standard InChI is InChI=1S/C24H20ClF2N3O5/c1-22(21(29)31)11-33-19-14(22)9-16(23(32,10-28)12-5-3-2-4-6-12)30-18(19)13-7-8-15-20(17(13)25)35-24(26,27)34-15/h2-9,32H,10-11,28H2,1H3,(H2,29,31)/t22-,23+/m0/s1. The van der Waals surface area contributed by atoms with Crippen LogP contribution in [0.3, 0.4) is 0 Å². The zero-order chi connectivity index (χ0) is 25.2. The van der Waals surface area contributed by atoms with E-state index in [1.54, 1.807) is 37.3 Å². The Morgan fingerprint density at radius 3 is 2.57 bits per heavy atom. The molecular formula is C24H20ClF2N3O5. The van der Waals surface area contributed by atoms with Gasteiger partial charge in [0.15, 0.2) is 11.5 Å². The summed E-state index contributed by atoms with van der Waals surface area (Å²) in [6.07, 6.45) is -3.88. The molecule has 3 heterocycles. The van der Waals surface area contributed by atoms with Gasteiger partial charge >= 0.3 is 6.29 Å². The van der Waals surface area contributed by atoms with Crippen LogP contribution in [0.25, 0.3) is 11.3 Å². The highest BCUT2D eigenvalue weighted by atomic mass is 35.5. The second-order valence-corrected chi connectivity index (χ2v) is 8.95. The van der Waals surface area contributed by atoms with Crippen molar-refractivity contribution in [1.29, 1.82) is 0 Å². The van der Waals surface area contributed by atoms with Crippen LogP contribution in [0.1, 0.15) is 23.7 Å². The quantitative estimate of drug-likeness (QED) is 0.488. The van der Waals surface area contributed by atoms with E-state index in [1.165, 1.54) is 18.2 Å². The summed E-state index contributed by atoms with van der Waals surface area (Å²) < 4.78 is 42.2. The average Bonchev–Trinajstić information content (AvgIpc) is 3.36. The first kappa shape index (κ1) is 23.3. The number of aromatic nitrogens is 1. The van der Waals surface area contributed by atoms with Crippen LogP contribution in [0.4, 0.5) is 8.78 Å². The smallest absolute Gasteiger partial charge is 0.489 e. The number of hydrogen-bond acceptors (Lipinski definition) is 7. The van der Waals surface area contributed by atoms with Crippen LogP contribution in [-0.2, 0) is 15.8 Å². The van der Waals surface area contributed by atoms with E-state index in [4.69, 9.17) is 27.8 Å². The first-order chi connectivity index (χ1) is 16.5. The number of pyridine rings is 1. The summed E-state index contributed by atoms with van der Waals surface area (Å²) >= 11 is 6.46. The Morgan fingerprint density at radius 2 is 1.91 bits per heavy atom. The van der Waals surface area contributed by atoms with Crippen molar-refractivity contribution in [3.8, 4) is 28.5 Å². The predicted molar refractivity (Wildman–Crippen MR) is 121 cm³/mol. The molecule has 2 aliphatic heterocycles. The molecule has 0 bridgehead atoms. The Balaban J connectivity index is 1.78. The molecule has 0 saturated carbocycles. The number of ether oxygens (including phenoxy) is 3. The minimum atomic E-state index is -3.88. The lowest BCUT2D eigenvalue weighted by Crippen LogP contribution is -2.41. The van der Waals surface area contributed by atoms with Crippen LogP contribution in [0, 0.1) is 0 Å². The lowest BCUT2D eigenvalue weighted by Gasteiger charge is -2.29. The fourth-order valence-corrected chi connectivity index (χ4v) is 4.51.